The van der Waals surface area contributed by atoms with Gasteiger partial charge in [-0.25, -0.2) is 0 Å². The van der Waals surface area contributed by atoms with Crippen molar-refractivity contribution < 1.29 is 9.47 Å². The highest BCUT2D eigenvalue weighted by molar-refractivity contribution is 4.75. The Morgan fingerprint density at radius 2 is 2.44 bits per heavy atom. The molecule has 0 spiro atoms. The largest absolute Gasteiger partial charge is 0.379 e. The number of ether oxygens (including phenoxy) is 2. The molecule has 0 aromatic heterocycles. The van der Waals surface area contributed by atoms with Crippen molar-refractivity contribution >= 4 is 0 Å². The van der Waals surface area contributed by atoms with Crippen molar-refractivity contribution in [1.29, 1.82) is 0 Å². The fourth-order valence-corrected chi connectivity index (χ4v) is 0.971. The van der Waals surface area contributed by atoms with Gasteiger partial charge in [-0.3, -0.25) is 0 Å². The molecule has 1 saturated heterocycles. The van der Waals surface area contributed by atoms with Crippen molar-refractivity contribution in [1.82, 2.24) is 0 Å². The Bertz CT molecular complexity index is 87.1. The molecule has 1 aliphatic heterocycles. The molecule has 1 rings (SSSR count). The van der Waals surface area contributed by atoms with Crippen molar-refractivity contribution in [3.05, 3.63) is 0 Å². The molecule has 2 N–H and O–H groups in total. The fourth-order valence-electron chi connectivity index (χ4n) is 0.971. The topological polar surface area (TPSA) is 44.5 Å². The van der Waals surface area contributed by atoms with E-state index in [4.69, 9.17) is 15.2 Å². The minimum Gasteiger partial charge on any atom is -0.379 e. The summed E-state index contributed by atoms with van der Waals surface area (Å²) in [4.78, 5) is 0. The summed E-state index contributed by atoms with van der Waals surface area (Å²) in [6.07, 6.45) is 1.03. The van der Waals surface area contributed by atoms with Crippen LogP contribution in [0.3, 0.4) is 0 Å². The zero-order valence-corrected chi connectivity index (χ0v) is 5.67. The summed E-state index contributed by atoms with van der Waals surface area (Å²) >= 11 is 0. The van der Waals surface area contributed by atoms with Crippen LogP contribution in [-0.4, -0.2) is 32.5 Å². The van der Waals surface area contributed by atoms with E-state index in [-0.39, 0.29) is 12.1 Å². The molecule has 54 valence electrons. The number of rotatable bonds is 1. The maximum atomic E-state index is 5.68. The van der Waals surface area contributed by atoms with Gasteiger partial charge in [-0.05, 0) is 6.42 Å². The van der Waals surface area contributed by atoms with E-state index in [0.29, 0.717) is 6.61 Å². The predicted molar refractivity (Wildman–Crippen MR) is 34.2 cm³/mol. The summed E-state index contributed by atoms with van der Waals surface area (Å²) in [5, 5.41) is 0. The summed E-state index contributed by atoms with van der Waals surface area (Å²) in [6, 6.07) is 0.170. The van der Waals surface area contributed by atoms with Gasteiger partial charge in [0.1, 0.15) is 0 Å². The van der Waals surface area contributed by atoms with Gasteiger partial charge >= 0.3 is 0 Å². The molecule has 1 heterocycles. The van der Waals surface area contributed by atoms with Crippen molar-refractivity contribution in [2.75, 3.05) is 20.3 Å². The zero-order chi connectivity index (χ0) is 6.69. The zero-order valence-electron chi connectivity index (χ0n) is 5.67. The molecule has 2 atom stereocenters. The normalized spacial score (nSPS) is 36.7. The van der Waals surface area contributed by atoms with E-state index in [0.717, 1.165) is 13.0 Å². The van der Waals surface area contributed by atoms with Gasteiger partial charge in [0.15, 0.2) is 0 Å². The maximum absolute atomic E-state index is 5.68. The molecule has 0 aromatic carbocycles. The first-order chi connectivity index (χ1) is 4.34. The minimum absolute atomic E-state index is 0.110. The lowest BCUT2D eigenvalue weighted by Gasteiger charge is -2.26. The number of hydrogen-bond donors (Lipinski definition) is 1. The minimum atomic E-state index is 0.110. The van der Waals surface area contributed by atoms with E-state index in [1.54, 1.807) is 7.11 Å². The first-order valence-corrected chi connectivity index (χ1v) is 3.20. The third kappa shape index (κ3) is 1.64. The van der Waals surface area contributed by atoms with Gasteiger partial charge in [-0.15, -0.1) is 0 Å². The van der Waals surface area contributed by atoms with Crippen LogP contribution in [0.25, 0.3) is 0 Å². The third-order valence-corrected chi connectivity index (χ3v) is 1.66. The Hall–Kier alpha value is -0.120. The molecule has 1 aliphatic rings. The highest BCUT2D eigenvalue weighted by Gasteiger charge is 2.21. The van der Waals surface area contributed by atoms with E-state index < -0.39 is 0 Å². The lowest BCUT2D eigenvalue weighted by molar-refractivity contribution is -0.0411. The molecule has 0 saturated carbocycles. The van der Waals surface area contributed by atoms with Gasteiger partial charge in [-0.2, -0.15) is 0 Å². The highest BCUT2D eigenvalue weighted by Crippen LogP contribution is 2.07. The van der Waals surface area contributed by atoms with Gasteiger partial charge in [-0.1, -0.05) is 0 Å². The monoisotopic (exact) mass is 131 g/mol. The van der Waals surface area contributed by atoms with Crippen LogP contribution in [0.15, 0.2) is 0 Å². The van der Waals surface area contributed by atoms with Gasteiger partial charge in [0.25, 0.3) is 0 Å². The predicted octanol–water partition coefficient (Wildman–Crippen LogP) is -0.251. The summed E-state index contributed by atoms with van der Waals surface area (Å²) in [5.74, 6) is 0. The van der Waals surface area contributed by atoms with Crippen molar-refractivity contribution in [2.24, 2.45) is 5.73 Å². The van der Waals surface area contributed by atoms with Crippen LogP contribution in [0.2, 0.25) is 0 Å². The van der Waals surface area contributed by atoms with Gasteiger partial charge in [0, 0.05) is 19.8 Å². The van der Waals surface area contributed by atoms with Gasteiger partial charge in [0.05, 0.1) is 12.7 Å². The second-order valence-electron chi connectivity index (χ2n) is 2.30. The third-order valence-electron chi connectivity index (χ3n) is 1.66. The molecule has 1 fully saturated rings. The van der Waals surface area contributed by atoms with Crippen LogP contribution in [0.1, 0.15) is 6.42 Å². The average molecular weight is 131 g/mol. The maximum Gasteiger partial charge on any atom is 0.0955 e. The standard InChI is InChI=1S/C6H13NO2/c1-8-6-4-9-3-2-5(6)7/h5-6H,2-4,7H2,1H3. The molecule has 3 heteroatoms. The molecule has 2 unspecified atom stereocenters. The van der Waals surface area contributed by atoms with Crippen LogP contribution in [0.5, 0.6) is 0 Å². The van der Waals surface area contributed by atoms with Crippen LogP contribution in [-0.2, 0) is 9.47 Å². The van der Waals surface area contributed by atoms with Crippen LogP contribution < -0.4 is 5.73 Å². The fraction of sp³-hybridized carbons (Fsp3) is 1.00. The Morgan fingerprint density at radius 3 is 2.89 bits per heavy atom. The Balaban J connectivity index is 2.30. The first-order valence-electron chi connectivity index (χ1n) is 3.20. The van der Waals surface area contributed by atoms with Crippen LogP contribution >= 0.6 is 0 Å². The molecule has 3 nitrogen and oxygen atoms in total. The van der Waals surface area contributed by atoms with E-state index in [1.165, 1.54) is 0 Å². The Morgan fingerprint density at radius 1 is 1.67 bits per heavy atom. The lowest BCUT2D eigenvalue weighted by atomic mass is 10.1. The highest BCUT2D eigenvalue weighted by atomic mass is 16.5. The summed E-state index contributed by atoms with van der Waals surface area (Å²) in [5.41, 5.74) is 5.68. The lowest BCUT2D eigenvalue weighted by Crippen LogP contribution is -2.43. The Kier molecular flexibility index (Phi) is 2.45. The summed E-state index contributed by atoms with van der Waals surface area (Å²) in [7, 11) is 1.67. The van der Waals surface area contributed by atoms with Crippen molar-refractivity contribution in [3.8, 4) is 0 Å². The van der Waals surface area contributed by atoms with Crippen molar-refractivity contribution in [2.45, 2.75) is 18.6 Å². The van der Waals surface area contributed by atoms with Crippen molar-refractivity contribution in [3.63, 3.8) is 0 Å². The molecule has 0 radical (unpaired) electrons. The number of hydrogen-bond acceptors (Lipinski definition) is 3. The number of methoxy groups -OCH3 is 1. The molecular formula is C6H13NO2. The van der Waals surface area contributed by atoms with Gasteiger partial charge < -0.3 is 15.2 Å². The van der Waals surface area contributed by atoms with Gasteiger partial charge in [0.2, 0.25) is 0 Å². The summed E-state index contributed by atoms with van der Waals surface area (Å²) in [6.45, 7) is 1.43. The van der Waals surface area contributed by atoms with E-state index >= 15 is 0 Å². The van der Waals surface area contributed by atoms with E-state index in [9.17, 15) is 0 Å². The van der Waals surface area contributed by atoms with E-state index in [1.807, 2.05) is 0 Å². The van der Waals surface area contributed by atoms with Crippen LogP contribution in [0, 0.1) is 0 Å². The second kappa shape index (κ2) is 3.15. The average Bonchev–Trinajstić information content (AvgIpc) is 1.89. The molecule has 9 heavy (non-hydrogen) atoms. The Labute approximate surface area is 55.1 Å². The molecule has 0 aromatic rings. The first kappa shape index (κ1) is 6.99. The number of nitrogens with two attached hydrogens (primary N) is 1. The molecule has 0 bridgehead atoms. The summed E-state index contributed by atoms with van der Waals surface area (Å²) < 4.78 is 10.2. The van der Waals surface area contributed by atoms with E-state index in [2.05, 4.69) is 0 Å². The molecular weight excluding hydrogens is 118 g/mol. The molecule has 0 aliphatic carbocycles. The smallest absolute Gasteiger partial charge is 0.0955 e. The quantitative estimate of drug-likeness (QED) is 0.533. The SMILES string of the molecule is COC1COCCC1N. The second-order valence-corrected chi connectivity index (χ2v) is 2.30. The van der Waals surface area contributed by atoms with Crippen LogP contribution in [0.4, 0.5) is 0 Å². The molecule has 0 amide bonds.